The molecule has 3 heterocycles. The smallest absolute Gasteiger partial charge is 0.417 e. The summed E-state index contributed by atoms with van der Waals surface area (Å²) in [5.41, 5.74) is 2.44. The predicted octanol–water partition coefficient (Wildman–Crippen LogP) is 7.61. The minimum Gasteiger partial charge on any atom is -0.491 e. The minimum atomic E-state index is -4.76. The number of aliphatic hydroxyl groups excluding tert-OH is 1. The van der Waals surface area contributed by atoms with Gasteiger partial charge < -0.3 is 9.84 Å². The highest BCUT2D eigenvalue weighted by atomic mass is 35.5. The first-order chi connectivity index (χ1) is 27.3. The maximum atomic E-state index is 15.4. The monoisotopic (exact) mass is 816 g/mol. The number of pyridine rings is 1. The van der Waals surface area contributed by atoms with Gasteiger partial charge in [0.25, 0.3) is 11.8 Å². The fourth-order valence-corrected chi connectivity index (χ4v) is 9.48. The molecule has 8 rings (SSSR count). The van der Waals surface area contributed by atoms with Crippen molar-refractivity contribution in [2.75, 3.05) is 23.5 Å². The summed E-state index contributed by atoms with van der Waals surface area (Å²) < 4.78 is 46.6. The first-order valence-electron chi connectivity index (χ1n) is 18.1. The van der Waals surface area contributed by atoms with Crippen molar-refractivity contribution in [3.05, 3.63) is 136 Å². The number of rotatable bonds is 9. The average molecular weight is 818 g/mol. The number of hydrazine groups is 1. The fourth-order valence-electron chi connectivity index (χ4n) is 9.15. The lowest BCUT2D eigenvalue weighted by atomic mass is 9.49. The molecule has 4 amide bonds. The summed E-state index contributed by atoms with van der Waals surface area (Å²) >= 11 is 12.6. The van der Waals surface area contributed by atoms with Crippen LogP contribution in [-0.2, 0) is 30.8 Å². The van der Waals surface area contributed by atoms with Gasteiger partial charge in [-0.15, -0.1) is 0 Å². The third-order valence-electron chi connectivity index (χ3n) is 11.5. The summed E-state index contributed by atoms with van der Waals surface area (Å²) in [6.07, 6.45) is -0.584. The van der Waals surface area contributed by atoms with Crippen molar-refractivity contribution >= 4 is 64.4 Å². The van der Waals surface area contributed by atoms with Gasteiger partial charge in [-0.25, -0.2) is 4.98 Å². The van der Waals surface area contributed by atoms with Gasteiger partial charge >= 0.3 is 6.18 Å². The number of imide groups is 2. The lowest BCUT2D eigenvalue weighted by Gasteiger charge is -2.50. The van der Waals surface area contributed by atoms with Crippen LogP contribution in [0.1, 0.15) is 41.0 Å². The number of hydrogen-bond donors (Lipinski definition) is 2. The Morgan fingerprint density at radius 1 is 0.965 bits per heavy atom. The molecule has 2 aliphatic heterocycles. The zero-order valence-corrected chi connectivity index (χ0v) is 31.4. The van der Waals surface area contributed by atoms with E-state index < -0.39 is 69.5 Å². The number of amides is 4. The SMILES string of the molecule is C=Cc1ccc(N2C(=O)C3CC=C4C(CC5C(=O)N(Nc6ncc(C(F)(F)F)cc6Cl)C(=O)C5(c5ccc(Cl)cc5)C4c4ccccc4OCCO)C3C2=O)cc1. The molecule has 0 bridgehead atoms. The van der Waals surface area contributed by atoms with Crippen LogP contribution in [0, 0.1) is 23.7 Å². The molecule has 1 aromatic heterocycles. The largest absolute Gasteiger partial charge is 0.491 e. The Hall–Kier alpha value is -5.50. The standard InChI is InChI=1S/C42H33Cl2F3N4O6/c1-2-22-7-13-26(14-8-22)50-37(53)29-16-15-27-30(34(29)39(50)55)20-31-38(54)51(49-36-32(44)19-24(21-48-36)42(45,46)47)40(56)41(31,23-9-11-25(43)12-10-23)35(27)28-5-3-4-6-33(28)57-18-17-52/h2-15,19,21,29-31,34-35,52H,1,16-18,20H2,(H,48,49). The van der Waals surface area contributed by atoms with Crippen LogP contribution in [0.4, 0.5) is 24.7 Å². The van der Waals surface area contributed by atoms with E-state index >= 15 is 4.79 Å². The van der Waals surface area contributed by atoms with Gasteiger partial charge in [-0.1, -0.05) is 90.0 Å². The van der Waals surface area contributed by atoms with E-state index in [4.69, 9.17) is 27.9 Å². The van der Waals surface area contributed by atoms with E-state index in [9.17, 15) is 32.7 Å². The second-order valence-corrected chi connectivity index (χ2v) is 15.2. The van der Waals surface area contributed by atoms with Gasteiger partial charge in [0.2, 0.25) is 11.8 Å². The quantitative estimate of drug-likeness (QED) is 0.131. The molecule has 57 heavy (non-hydrogen) atoms. The zero-order chi connectivity index (χ0) is 40.4. The molecular weight excluding hydrogens is 784 g/mol. The second kappa shape index (κ2) is 14.5. The number of anilines is 2. The Morgan fingerprint density at radius 2 is 1.68 bits per heavy atom. The lowest BCUT2D eigenvalue weighted by Crippen LogP contribution is -2.53. The molecule has 3 aromatic carbocycles. The zero-order valence-electron chi connectivity index (χ0n) is 29.9. The van der Waals surface area contributed by atoms with E-state index in [0.29, 0.717) is 45.4 Å². The van der Waals surface area contributed by atoms with Gasteiger partial charge in [0, 0.05) is 22.7 Å². The van der Waals surface area contributed by atoms with Crippen LogP contribution >= 0.6 is 23.2 Å². The van der Waals surface area contributed by atoms with Crippen LogP contribution < -0.4 is 15.1 Å². The molecular formula is C42H33Cl2F3N4O6. The molecule has 6 atom stereocenters. The van der Waals surface area contributed by atoms with E-state index in [1.165, 1.54) is 4.90 Å². The van der Waals surface area contributed by atoms with E-state index in [-0.39, 0.29) is 37.8 Å². The number of fused-ring (bicyclic) bond motifs is 4. The van der Waals surface area contributed by atoms with Gasteiger partial charge in [0.15, 0.2) is 5.82 Å². The first-order valence-corrected chi connectivity index (χ1v) is 18.8. The topological polar surface area (TPSA) is 129 Å². The Kier molecular flexibility index (Phi) is 9.74. The number of benzene rings is 3. The minimum absolute atomic E-state index is 0.0506. The number of ether oxygens (including phenoxy) is 1. The number of halogens is 5. The molecule has 3 fully saturated rings. The number of alkyl halides is 3. The third-order valence-corrected chi connectivity index (χ3v) is 12.1. The van der Waals surface area contributed by atoms with Crippen molar-refractivity contribution in [2.24, 2.45) is 23.7 Å². The number of hydrogen-bond acceptors (Lipinski definition) is 8. The number of carbonyl (C=O) groups excluding carboxylic acids is 4. The predicted molar refractivity (Wildman–Crippen MR) is 205 cm³/mol. The lowest BCUT2D eigenvalue weighted by molar-refractivity contribution is -0.139. The molecule has 0 radical (unpaired) electrons. The molecule has 2 saturated heterocycles. The van der Waals surface area contributed by atoms with Crippen molar-refractivity contribution in [1.82, 2.24) is 9.99 Å². The van der Waals surface area contributed by atoms with Crippen molar-refractivity contribution in [3.8, 4) is 5.75 Å². The van der Waals surface area contributed by atoms with Crippen molar-refractivity contribution in [3.63, 3.8) is 0 Å². The number of aliphatic hydroxyl groups is 1. The summed E-state index contributed by atoms with van der Waals surface area (Å²) in [6, 6.07) is 20.8. The summed E-state index contributed by atoms with van der Waals surface area (Å²) in [7, 11) is 0. The molecule has 2 N–H and O–H groups in total. The van der Waals surface area contributed by atoms with Crippen LogP contribution in [-0.4, -0.2) is 51.9 Å². The van der Waals surface area contributed by atoms with Crippen LogP contribution in [0.2, 0.25) is 10.0 Å². The van der Waals surface area contributed by atoms with Gasteiger partial charge in [-0.05, 0) is 66.3 Å². The second-order valence-electron chi connectivity index (χ2n) is 14.3. The van der Waals surface area contributed by atoms with E-state index in [0.717, 1.165) is 10.6 Å². The molecule has 0 spiro atoms. The Morgan fingerprint density at radius 3 is 2.35 bits per heavy atom. The van der Waals surface area contributed by atoms with Crippen molar-refractivity contribution in [2.45, 2.75) is 30.4 Å². The maximum Gasteiger partial charge on any atom is 0.417 e. The highest BCUT2D eigenvalue weighted by Crippen LogP contribution is 2.65. The van der Waals surface area contributed by atoms with E-state index in [2.05, 4.69) is 17.0 Å². The Labute approximate surface area is 334 Å². The van der Waals surface area contributed by atoms with Crippen LogP contribution in [0.3, 0.4) is 0 Å². The molecule has 10 nitrogen and oxygen atoms in total. The Bertz CT molecular complexity index is 2350. The highest BCUT2D eigenvalue weighted by molar-refractivity contribution is 6.33. The molecule has 1 saturated carbocycles. The van der Waals surface area contributed by atoms with Gasteiger partial charge in [0.1, 0.15) is 12.4 Å². The molecule has 2 aliphatic carbocycles. The first kappa shape index (κ1) is 38.4. The fraction of sp³-hybridized carbons (Fsp3) is 0.262. The number of carbonyl (C=O) groups is 4. The normalized spacial score (nSPS) is 25.5. The summed E-state index contributed by atoms with van der Waals surface area (Å²) in [6.45, 7) is 3.35. The van der Waals surface area contributed by atoms with Crippen LogP contribution in [0.15, 0.2) is 103 Å². The summed E-state index contributed by atoms with van der Waals surface area (Å²) in [5.74, 6) is -6.98. The van der Waals surface area contributed by atoms with Crippen molar-refractivity contribution < 1.29 is 42.2 Å². The van der Waals surface area contributed by atoms with E-state index in [1.54, 1.807) is 78.9 Å². The van der Waals surface area contributed by atoms with Gasteiger partial charge in [-0.3, -0.25) is 29.5 Å². The van der Waals surface area contributed by atoms with Gasteiger partial charge in [0.05, 0.1) is 46.0 Å². The number of para-hydroxylation sites is 1. The number of allylic oxidation sites excluding steroid dienone is 2. The number of aromatic nitrogens is 1. The highest BCUT2D eigenvalue weighted by Gasteiger charge is 2.70. The van der Waals surface area contributed by atoms with Crippen molar-refractivity contribution in [1.29, 1.82) is 0 Å². The molecule has 292 valence electrons. The number of nitrogens with zero attached hydrogens (tertiary/aromatic N) is 3. The van der Waals surface area contributed by atoms with Gasteiger partial charge in [-0.2, -0.15) is 18.2 Å². The Balaban J connectivity index is 1.31. The summed E-state index contributed by atoms with van der Waals surface area (Å²) in [5, 5.41) is 10.3. The van der Waals surface area contributed by atoms with E-state index in [1.807, 2.05) is 6.08 Å². The summed E-state index contributed by atoms with van der Waals surface area (Å²) in [4.78, 5) is 64.1. The average Bonchev–Trinajstić information content (AvgIpc) is 3.58. The molecule has 4 aromatic rings. The third kappa shape index (κ3) is 6.10. The van der Waals surface area contributed by atoms with Crippen LogP contribution in [0.25, 0.3) is 6.08 Å². The maximum absolute atomic E-state index is 15.4. The molecule has 4 aliphatic rings. The molecule has 15 heteroatoms. The number of nitrogens with one attached hydrogen (secondary N) is 1. The molecule has 6 unspecified atom stereocenters. The van der Waals surface area contributed by atoms with Crippen LogP contribution in [0.5, 0.6) is 5.75 Å².